The van der Waals surface area contributed by atoms with E-state index in [4.69, 9.17) is 28.5 Å². The number of anilines is 1. The van der Waals surface area contributed by atoms with E-state index in [2.05, 4.69) is 5.32 Å². The lowest BCUT2D eigenvalue weighted by molar-refractivity contribution is -0.115. The highest BCUT2D eigenvalue weighted by Gasteiger charge is 2.05. The van der Waals surface area contributed by atoms with E-state index in [1.165, 1.54) is 6.07 Å². The van der Waals surface area contributed by atoms with Crippen LogP contribution in [0, 0.1) is 11.3 Å². The summed E-state index contributed by atoms with van der Waals surface area (Å²) in [5, 5.41) is 11.6. The van der Waals surface area contributed by atoms with Gasteiger partial charge in [0.05, 0.1) is 22.3 Å². The summed E-state index contributed by atoms with van der Waals surface area (Å²) in [5.74, 6) is 0.0310. The quantitative estimate of drug-likeness (QED) is 0.830. The first-order chi connectivity index (χ1) is 7.17. The second-order valence-electron chi connectivity index (χ2n) is 2.79. The van der Waals surface area contributed by atoms with Crippen molar-refractivity contribution in [1.29, 1.82) is 5.26 Å². The minimum atomic E-state index is -0.220. The van der Waals surface area contributed by atoms with Gasteiger partial charge in [-0.15, -0.1) is 11.6 Å². The van der Waals surface area contributed by atoms with Gasteiger partial charge in [-0.25, -0.2) is 0 Å². The molecule has 5 heteroatoms. The first kappa shape index (κ1) is 11.8. The summed E-state index contributed by atoms with van der Waals surface area (Å²) in [6.45, 7) is 0. The SMILES string of the molecule is N#Cc1ccc(Cl)c(NC(=O)CCCl)c1. The normalized spacial score (nSPS) is 9.40. The number of hydrogen-bond donors (Lipinski definition) is 1. The maximum Gasteiger partial charge on any atom is 0.225 e. The molecule has 0 heterocycles. The largest absolute Gasteiger partial charge is 0.325 e. The molecule has 0 spiro atoms. The van der Waals surface area contributed by atoms with E-state index >= 15 is 0 Å². The zero-order chi connectivity index (χ0) is 11.3. The van der Waals surface area contributed by atoms with Crippen LogP contribution in [-0.4, -0.2) is 11.8 Å². The van der Waals surface area contributed by atoms with E-state index in [0.29, 0.717) is 16.3 Å². The fourth-order valence-electron chi connectivity index (χ4n) is 0.989. The Morgan fingerprint density at radius 2 is 2.27 bits per heavy atom. The molecule has 1 rings (SSSR count). The molecule has 3 nitrogen and oxygen atoms in total. The molecule has 0 aliphatic rings. The van der Waals surface area contributed by atoms with Gasteiger partial charge in [0.15, 0.2) is 0 Å². The number of amides is 1. The van der Waals surface area contributed by atoms with Gasteiger partial charge in [-0.3, -0.25) is 4.79 Å². The Morgan fingerprint density at radius 1 is 1.53 bits per heavy atom. The summed E-state index contributed by atoms with van der Waals surface area (Å²) in [6.07, 6.45) is 0.217. The fourth-order valence-corrected chi connectivity index (χ4v) is 1.33. The molecule has 1 amide bonds. The highest BCUT2D eigenvalue weighted by Crippen LogP contribution is 2.22. The van der Waals surface area contributed by atoms with E-state index in [1.807, 2.05) is 6.07 Å². The number of nitrogens with one attached hydrogen (secondary N) is 1. The van der Waals surface area contributed by atoms with Crippen LogP contribution in [0.15, 0.2) is 18.2 Å². The number of carbonyl (C=O) groups is 1. The summed E-state index contributed by atoms with van der Waals surface area (Å²) >= 11 is 11.3. The summed E-state index contributed by atoms with van der Waals surface area (Å²) in [6, 6.07) is 6.63. The first-order valence-corrected chi connectivity index (χ1v) is 5.14. The highest BCUT2D eigenvalue weighted by molar-refractivity contribution is 6.33. The molecule has 0 aromatic heterocycles. The number of carbonyl (C=O) groups excluding carboxylic acids is 1. The highest BCUT2D eigenvalue weighted by atomic mass is 35.5. The van der Waals surface area contributed by atoms with Gasteiger partial charge in [0, 0.05) is 12.3 Å². The molecule has 0 saturated carbocycles. The average Bonchev–Trinajstić information content (AvgIpc) is 2.21. The number of nitriles is 1. The van der Waals surface area contributed by atoms with Gasteiger partial charge < -0.3 is 5.32 Å². The Kier molecular flexibility index (Phi) is 4.41. The van der Waals surface area contributed by atoms with Crippen molar-refractivity contribution in [1.82, 2.24) is 0 Å². The van der Waals surface area contributed by atoms with Crippen LogP contribution in [0.4, 0.5) is 5.69 Å². The number of halogens is 2. The van der Waals surface area contributed by atoms with Gasteiger partial charge in [-0.05, 0) is 18.2 Å². The maximum atomic E-state index is 11.2. The molecule has 0 aliphatic heterocycles. The number of hydrogen-bond acceptors (Lipinski definition) is 2. The Labute approximate surface area is 97.6 Å². The molecule has 78 valence electrons. The zero-order valence-corrected chi connectivity index (χ0v) is 9.27. The van der Waals surface area contributed by atoms with Crippen LogP contribution in [0.1, 0.15) is 12.0 Å². The van der Waals surface area contributed by atoms with E-state index in [0.717, 1.165) is 0 Å². The van der Waals surface area contributed by atoms with Crippen LogP contribution in [0.2, 0.25) is 5.02 Å². The monoisotopic (exact) mass is 242 g/mol. The molecule has 1 N–H and O–H groups in total. The fraction of sp³-hybridized carbons (Fsp3) is 0.200. The van der Waals surface area contributed by atoms with Crippen LogP contribution >= 0.6 is 23.2 Å². The minimum Gasteiger partial charge on any atom is -0.325 e. The summed E-state index contributed by atoms with van der Waals surface area (Å²) in [4.78, 5) is 11.2. The second kappa shape index (κ2) is 5.59. The van der Waals surface area contributed by atoms with Gasteiger partial charge in [0.25, 0.3) is 0 Å². The predicted octanol–water partition coefficient (Wildman–Crippen LogP) is 2.78. The second-order valence-corrected chi connectivity index (χ2v) is 3.58. The molecular formula is C10H8Cl2N2O. The van der Waals surface area contributed by atoms with Crippen molar-refractivity contribution in [3.05, 3.63) is 28.8 Å². The van der Waals surface area contributed by atoms with Crippen LogP contribution in [0.25, 0.3) is 0 Å². The van der Waals surface area contributed by atoms with Gasteiger partial charge in [-0.1, -0.05) is 11.6 Å². The Morgan fingerprint density at radius 3 is 2.87 bits per heavy atom. The molecule has 0 saturated heterocycles. The van der Waals surface area contributed by atoms with Crippen molar-refractivity contribution >= 4 is 34.8 Å². The molecule has 0 atom stereocenters. The zero-order valence-electron chi connectivity index (χ0n) is 7.76. The Balaban J connectivity index is 2.85. The van der Waals surface area contributed by atoms with Gasteiger partial charge in [-0.2, -0.15) is 5.26 Å². The van der Waals surface area contributed by atoms with E-state index < -0.39 is 0 Å². The number of alkyl halides is 1. The van der Waals surface area contributed by atoms with E-state index in [9.17, 15) is 4.79 Å². The summed E-state index contributed by atoms with van der Waals surface area (Å²) in [5.41, 5.74) is 0.881. The van der Waals surface area contributed by atoms with Crippen molar-refractivity contribution in [2.45, 2.75) is 6.42 Å². The summed E-state index contributed by atoms with van der Waals surface area (Å²) in [7, 11) is 0. The van der Waals surface area contributed by atoms with Gasteiger partial charge in [0.1, 0.15) is 0 Å². The molecular weight excluding hydrogens is 235 g/mol. The van der Waals surface area contributed by atoms with Crippen molar-refractivity contribution in [3.63, 3.8) is 0 Å². The molecule has 0 bridgehead atoms. The third-order valence-corrected chi connectivity index (χ3v) is 2.21. The Bertz CT molecular complexity index is 412. The molecule has 0 aliphatic carbocycles. The lowest BCUT2D eigenvalue weighted by atomic mass is 10.2. The minimum absolute atomic E-state index is 0.217. The van der Waals surface area contributed by atoms with Crippen LogP contribution in [-0.2, 0) is 4.79 Å². The van der Waals surface area contributed by atoms with Crippen molar-refractivity contribution in [3.8, 4) is 6.07 Å². The predicted molar refractivity (Wildman–Crippen MR) is 60.1 cm³/mol. The van der Waals surface area contributed by atoms with Gasteiger partial charge in [0.2, 0.25) is 5.91 Å². The molecule has 15 heavy (non-hydrogen) atoms. The lowest BCUT2D eigenvalue weighted by Gasteiger charge is -2.06. The molecule has 1 aromatic rings. The summed E-state index contributed by atoms with van der Waals surface area (Å²) < 4.78 is 0. The van der Waals surface area contributed by atoms with Crippen molar-refractivity contribution in [2.24, 2.45) is 0 Å². The molecule has 0 radical (unpaired) electrons. The molecule has 1 aromatic carbocycles. The number of benzene rings is 1. The maximum absolute atomic E-state index is 11.2. The molecule has 0 fully saturated rings. The van der Waals surface area contributed by atoms with E-state index in [1.54, 1.807) is 12.1 Å². The lowest BCUT2D eigenvalue weighted by Crippen LogP contribution is -2.12. The topological polar surface area (TPSA) is 52.9 Å². The van der Waals surface area contributed by atoms with Crippen LogP contribution < -0.4 is 5.32 Å². The van der Waals surface area contributed by atoms with Crippen molar-refractivity contribution < 1.29 is 4.79 Å². The Hall–Kier alpha value is -1.24. The average molecular weight is 243 g/mol. The first-order valence-electron chi connectivity index (χ1n) is 4.23. The number of nitrogens with zero attached hydrogens (tertiary/aromatic N) is 1. The van der Waals surface area contributed by atoms with Crippen LogP contribution in [0.5, 0.6) is 0 Å². The third-order valence-electron chi connectivity index (χ3n) is 1.69. The third kappa shape index (κ3) is 3.43. The number of rotatable bonds is 3. The standard InChI is InChI=1S/C10H8Cl2N2O/c11-4-3-10(15)14-9-5-7(6-13)1-2-8(9)12/h1-2,5H,3-4H2,(H,14,15). The van der Waals surface area contributed by atoms with Crippen LogP contribution in [0.3, 0.4) is 0 Å². The van der Waals surface area contributed by atoms with Crippen molar-refractivity contribution in [2.75, 3.05) is 11.2 Å². The smallest absolute Gasteiger partial charge is 0.225 e. The van der Waals surface area contributed by atoms with E-state index in [-0.39, 0.29) is 18.2 Å². The van der Waals surface area contributed by atoms with Gasteiger partial charge >= 0.3 is 0 Å². The molecule has 0 unspecified atom stereocenters.